The minimum atomic E-state index is -0.726. The number of carboxylic acid groups (broad SMARTS) is 1. The number of carbonyl (C=O) groups is 2. The molecule has 2 aliphatic rings. The first kappa shape index (κ1) is 22.0. The van der Waals surface area contributed by atoms with E-state index in [1.165, 1.54) is 0 Å². The standard InChI is InChI=1S/C20H26N2O5.ClH/c23-19(8-6-16-5-7-17-18(14-16)27-15-26-17)22-12-10-21(11-13-22)9-3-1-2-4-20(24)25;/h5-8,14H,1-4,9-13,15H2,(H,24,25);1H/b8-6+;. The van der Waals surface area contributed by atoms with Crippen LogP contribution >= 0.6 is 12.4 Å². The van der Waals surface area contributed by atoms with Crippen LogP contribution in [0.1, 0.15) is 31.2 Å². The number of piperazine rings is 1. The molecule has 3 rings (SSSR count). The molecule has 1 aromatic rings. The van der Waals surface area contributed by atoms with Gasteiger partial charge >= 0.3 is 5.97 Å². The van der Waals surface area contributed by atoms with E-state index in [4.69, 9.17) is 14.6 Å². The average Bonchev–Trinajstić information content (AvgIpc) is 3.14. The van der Waals surface area contributed by atoms with Crippen molar-refractivity contribution in [3.63, 3.8) is 0 Å². The van der Waals surface area contributed by atoms with E-state index >= 15 is 0 Å². The lowest BCUT2D eigenvalue weighted by Gasteiger charge is -2.34. The number of carbonyl (C=O) groups excluding carboxylic acids is 1. The van der Waals surface area contributed by atoms with Crippen LogP contribution in [0.4, 0.5) is 0 Å². The number of ether oxygens (including phenoxy) is 2. The monoisotopic (exact) mass is 410 g/mol. The summed E-state index contributed by atoms with van der Waals surface area (Å²) in [4.78, 5) is 27.1. The Morgan fingerprint density at radius 1 is 1.04 bits per heavy atom. The van der Waals surface area contributed by atoms with Gasteiger partial charge in [0.2, 0.25) is 12.7 Å². The van der Waals surface area contributed by atoms with Crippen LogP contribution in [-0.2, 0) is 9.59 Å². The number of halogens is 1. The number of benzene rings is 1. The molecule has 0 saturated carbocycles. The number of fused-ring (bicyclic) bond motifs is 1. The highest BCUT2D eigenvalue weighted by molar-refractivity contribution is 5.92. The van der Waals surface area contributed by atoms with Crippen LogP contribution in [0, 0.1) is 0 Å². The van der Waals surface area contributed by atoms with E-state index in [1.54, 1.807) is 12.2 Å². The second kappa shape index (κ2) is 10.9. The van der Waals surface area contributed by atoms with Gasteiger partial charge in [0.25, 0.3) is 0 Å². The van der Waals surface area contributed by atoms with Crippen molar-refractivity contribution >= 4 is 30.4 Å². The topological polar surface area (TPSA) is 79.3 Å². The van der Waals surface area contributed by atoms with E-state index in [-0.39, 0.29) is 31.5 Å². The van der Waals surface area contributed by atoms with Crippen molar-refractivity contribution in [3.8, 4) is 11.5 Å². The number of amides is 1. The molecule has 0 aliphatic carbocycles. The number of carboxylic acids is 1. The Morgan fingerprint density at radius 3 is 2.54 bits per heavy atom. The van der Waals surface area contributed by atoms with Gasteiger partial charge in [-0.15, -0.1) is 12.4 Å². The summed E-state index contributed by atoms with van der Waals surface area (Å²) in [6.07, 6.45) is 6.34. The Morgan fingerprint density at radius 2 is 1.79 bits per heavy atom. The van der Waals surface area contributed by atoms with Gasteiger partial charge in [-0.05, 0) is 43.2 Å². The average molecular weight is 411 g/mol. The summed E-state index contributed by atoms with van der Waals surface area (Å²) in [6.45, 7) is 4.38. The van der Waals surface area contributed by atoms with E-state index in [0.717, 1.165) is 63.3 Å². The Kier molecular flexibility index (Phi) is 8.60. The third-order valence-electron chi connectivity index (χ3n) is 4.86. The first-order valence-corrected chi connectivity index (χ1v) is 9.42. The maximum absolute atomic E-state index is 12.4. The number of aliphatic carboxylic acids is 1. The minimum absolute atomic E-state index is 0. The summed E-state index contributed by atoms with van der Waals surface area (Å²) in [5, 5.41) is 8.64. The van der Waals surface area contributed by atoms with E-state index in [0.29, 0.717) is 5.75 Å². The molecule has 1 fully saturated rings. The molecule has 8 heteroatoms. The predicted molar refractivity (Wildman–Crippen MR) is 108 cm³/mol. The van der Waals surface area contributed by atoms with Crippen molar-refractivity contribution < 1.29 is 24.2 Å². The summed E-state index contributed by atoms with van der Waals surface area (Å²) in [5.74, 6) is 0.740. The molecule has 0 spiro atoms. The Balaban J connectivity index is 0.00000280. The number of unbranched alkanes of at least 4 members (excludes halogenated alkanes) is 2. The lowest BCUT2D eigenvalue weighted by atomic mass is 10.1. The van der Waals surface area contributed by atoms with E-state index < -0.39 is 5.97 Å². The first-order valence-electron chi connectivity index (χ1n) is 9.42. The molecule has 1 amide bonds. The molecule has 0 unspecified atom stereocenters. The predicted octanol–water partition coefficient (Wildman–Crippen LogP) is 2.64. The van der Waals surface area contributed by atoms with Crippen LogP contribution in [-0.4, -0.2) is 66.3 Å². The lowest BCUT2D eigenvalue weighted by Crippen LogP contribution is -2.48. The second-order valence-corrected chi connectivity index (χ2v) is 6.82. The van der Waals surface area contributed by atoms with Crippen LogP contribution < -0.4 is 9.47 Å². The van der Waals surface area contributed by atoms with Crippen molar-refractivity contribution in [3.05, 3.63) is 29.8 Å². The molecule has 1 N–H and O–H groups in total. The van der Waals surface area contributed by atoms with Gasteiger partial charge in [0.05, 0.1) is 0 Å². The van der Waals surface area contributed by atoms with Gasteiger partial charge in [-0.1, -0.05) is 12.5 Å². The maximum Gasteiger partial charge on any atom is 0.303 e. The summed E-state index contributed by atoms with van der Waals surface area (Å²) in [7, 11) is 0. The molecule has 2 heterocycles. The lowest BCUT2D eigenvalue weighted by molar-refractivity contribution is -0.137. The Hall–Kier alpha value is -2.25. The highest BCUT2D eigenvalue weighted by atomic mass is 35.5. The van der Waals surface area contributed by atoms with Crippen molar-refractivity contribution in [2.45, 2.75) is 25.7 Å². The minimum Gasteiger partial charge on any atom is -0.481 e. The summed E-state index contributed by atoms with van der Waals surface area (Å²) in [6, 6.07) is 5.62. The van der Waals surface area contributed by atoms with Gasteiger partial charge in [0.15, 0.2) is 11.5 Å². The largest absolute Gasteiger partial charge is 0.481 e. The highest BCUT2D eigenvalue weighted by Gasteiger charge is 2.19. The van der Waals surface area contributed by atoms with Gasteiger partial charge < -0.3 is 19.5 Å². The Labute approximate surface area is 171 Å². The molecule has 0 radical (unpaired) electrons. The zero-order valence-corrected chi connectivity index (χ0v) is 16.7. The molecule has 1 saturated heterocycles. The highest BCUT2D eigenvalue weighted by Crippen LogP contribution is 2.32. The molecule has 28 heavy (non-hydrogen) atoms. The summed E-state index contributed by atoms with van der Waals surface area (Å²) >= 11 is 0. The van der Waals surface area contributed by atoms with Gasteiger partial charge in [-0.2, -0.15) is 0 Å². The maximum atomic E-state index is 12.4. The molecule has 7 nitrogen and oxygen atoms in total. The SMILES string of the molecule is Cl.O=C(O)CCCCCN1CCN(C(=O)/C=C/c2ccc3c(c2)OCO3)CC1. The molecule has 0 bridgehead atoms. The molecule has 2 aliphatic heterocycles. The quantitative estimate of drug-likeness (QED) is 0.524. The van der Waals surface area contributed by atoms with Gasteiger partial charge in [0.1, 0.15) is 0 Å². The summed E-state index contributed by atoms with van der Waals surface area (Å²) < 4.78 is 10.6. The van der Waals surface area contributed by atoms with E-state index in [2.05, 4.69) is 4.90 Å². The molecule has 0 atom stereocenters. The third kappa shape index (κ3) is 6.42. The molecule has 1 aromatic carbocycles. The van der Waals surface area contributed by atoms with Crippen LogP contribution in [0.3, 0.4) is 0 Å². The normalized spacial score (nSPS) is 16.2. The fourth-order valence-electron chi connectivity index (χ4n) is 3.27. The summed E-state index contributed by atoms with van der Waals surface area (Å²) in [5.41, 5.74) is 0.910. The van der Waals surface area contributed by atoms with Gasteiger partial charge in [0, 0.05) is 38.7 Å². The second-order valence-electron chi connectivity index (χ2n) is 6.82. The number of hydrogen-bond donors (Lipinski definition) is 1. The van der Waals surface area contributed by atoms with E-state index in [1.807, 2.05) is 23.1 Å². The van der Waals surface area contributed by atoms with Crippen LogP contribution in [0.15, 0.2) is 24.3 Å². The van der Waals surface area contributed by atoms with Gasteiger partial charge in [-0.25, -0.2) is 0 Å². The van der Waals surface area contributed by atoms with Crippen LogP contribution in [0.25, 0.3) is 6.08 Å². The number of nitrogens with zero attached hydrogens (tertiary/aromatic N) is 2. The van der Waals surface area contributed by atoms with Crippen molar-refractivity contribution in [1.29, 1.82) is 0 Å². The third-order valence-corrected chi connectivity index (χ3v) is 4.86. The zero-order chi connectivity index (χ0) is 19.1. The molecular weight excluding hydrogens is 384 g/mol. The smallest absolute Gasteiger partial charge is 0.303 e. The number of rotatable bonds is 8. The van der Waals surface area contributed by atoms with Crippen molar-refractivity contribution in [1.82, 2.24) is 9.80 Å². The van der Waals surface area contributed by atoms with E-state index in [9.17, 15) is 9.59 Å². The number of hydrogen-bond acceptors (Lipinski definition) is 5. The Bertz CT molecular complexity index is 702. The zero-order valence-electron chi connectivity index (χ0n) is 15.8. The first-order chi connectivity index (χ1) is 13.1. The molecular formula is C20H27ClN2O5. The van der Waals surface area contributed by atoms with Crippen molar-refractivity contribution in [2.75, 3.05) is 39.5 Å². The molecule has 0 aromatic heterocycles. The van der Waals surface area contributed by atoms with Crippen LogP contribution in [0.2, 0.25) is 0 Å². The fraction of sp³-hybridized carbons (Fsp3) is 0.500. The van der Waals surface area contributed by atoms with Crippen LogP contribution in [0.5, 0.6) is 11.5 Å². The van der Waals surface area contributed by atoms with Gasteiger partial charge in [-0.3, -0.25) is 14.5 Å². The van der Waals surface area contributed by atoms with Crippen molar-refractivity contribution in [2.24, 2.45) is 0 Å². The molecule has 154 valence electrons. The fourth-order valence-corrected chi connectivity index (χ4v) is 3.27.